The Morgan fingerprint density at radius 1 is 1.03 bits per heavy atom. The highest BCUT2D eigenvalue weighted by atomic mass is 19.4. The highest BCUT2D eigenvalue weighted by Crippen LogP contribution is 2.30. The SMILES string of the molecule is CC(C)CNC(=O)c1coc(CN(Cc2ccc(C(F)(F)F)cc2)C(C)c2ccccc2)n1. The lowest BCUT2D eigenvalue weighted by atomic mass is 10.1. The number of carbonyl (C=O) groups excluding carboxylic acids is 1. The van der Waals surface area contributed by atoms with Crippen LogP contribution in [0.15, 0.2) is 65.3 Å². The monoisotopic (exact) mass is 459 g/mol. The fraction of sp³-hybridized carbons (Fsp3) is 0.360. The van der Waals surface area contributed by atoms with E-state index in [1.165, 1.54) is 18.4 Å². The highest BCUT2D eigenvalue weighted by Gasteiger charge is 2.30. The van der Waals surface area contributed by atoms with Crippen LogP contribution < -0.4 is 5.32 Å². The van der Waals surface area contributed by atoms with Crippen molar-refractivity contribution in [2.24, 2.45) is 5.92 Å². The van der Waals surface area contributed by atoms with Crippen LogP contribution in [0.3, 0.4) is 0 Å². The molecule has 33 heavy (non-hydrogen) atoms. The molecule has 1 aromatic heterocycles. The molecule has 1 unspecified atom stereocenters. The molecule has 0 saturated heterocycles. The van der Waals surface area contributed by atoms with Crippen LogP contribution in [0.1, 0.15) is 59.9 Å². The molecule has 0 spiro atoms. The molecule has 176 valence electrons. The third-order valence-corrected chi connectivity index (χ3v) is 5.29. The van der Waals surface area contributed by atoms with E-state index in [-0.39, 0.29) is 24.2 Å². The Bertz CT molecular complexity index is 1030. The van der Waals surface area contributed by atoms with Crippen LogP contribution in [-0.4, -0.2) is 22.3 Å². The van der Waals surface area contributed by atoms with Crippen LogP contribution in [0.5, 0.6) is 0 Å². The fourth-order valence-corrected chi connectivity index (χ4v) is 3.35. The van der Waals surface area contributed by atoms with Crippen molar-refractivity contribution < 1.29 is 22.4 Å². The molecule has 1 amide bonds. The number of halogens is 3. The van der Waals surface area contributed by atoms with E-state index in [2.05, 4.69) is 10.3 Å². The number of amides is 1. The zero-order valence-electron chi connectivity index (χ0n) is 18.9. The summed E-state index contributed by atoms with van der Waals surface area (Å²) in [5.41, 5.74) is 1.30. The molecule has 0 aliphatic carbocycles. The number of oxazole rings is 1. The van der Waals surface area contributed by atoms with Crippen LogP contribution in [0, 0.1) is 5.92 Å². The fourth-order valence-electron chi connectivity index (χ4n) is 3.35. The van der Waals surface area contributed by atoms with E-state index in [4.69, 9.17) is 4.42 Å². The molecule has 0 radical (unpaired) electrons. The maximum Gasteiger partial charge on any atom is 0.416 e. The third-order valence-electron chi connectivity index (χ3n) is 5.29. The Hall–Kier alpha value is -3.13. The summed E-state index contributed by atoms with van der Waals surface area (Å²) in [5.74, 6) is 0.370. The van der Waals surface area contributed by atoms with Crippen molar-refractivity contribution in [3.8, 4) is 0 Å². The van der Waals surface area contributed by atoms with Gasteiger partial charge in [0.2, 0.25) is 5.89 Å². The van der Waals surface area contributed by atoms with E-state index in [0.717, 1.165) is 23.3 Å². The first-order valence-corrected chi connectivity index (χ1v) is 10.8. The van der Waals surface area contributed by atoms with E-state index in [1.54, 1.807) is 0 Å². The summed E-state index contributed by atoms with van der Waals surface area (Å²) >= 11 is 0. The lowest BCUT2D eigenvalue weighted by molar-refractivity contribution is -0.137. The number of aromatic nitrogens is 1. The number of hydrogen-bond acceptors (Lipinski definition) is 4. The molecule has 1 atom stereocenters. The van der Waals surface area contributed by atoms with Crippen molar-refractivity contribution in [2.75, 3.05) is 6.54 Å². The van der Waals surface area contributed by atoms with Crippen LogP contribution >= 0.6 is 0 Å². The van der Waals surface area contributed by atoms with Gasteiger partial charge in [-0.15, -0.1) is 0 Å². The van der Waals surface area contributed by atoms with E-state index >= 15 is 0 Å². The number of nitrogens with one attached hydrogen (secondary N) is 1. The molecule has 1 heterocycles. The molecule has 0 aliphatic heterocycles. The van der Waals surface area contributed by atoms with Crippen molar-refractivity contribution in [1.82, 2.24) is 15.2 Å². The smallest absolute Gasteiger partial charge is 0.416 e. The first-order chi connectivity index (χ1) is 15.6. The van der Waals surface area contributed by atoms with E-state index < -0.39 is 11.7 Å². The lowest BCUT2D eigenvalue weighted by Gasteiger charge is -2.28. The minimum atomic E-state index is -4.37. The van der Waals surface area contributed by atoms with Crippen molar-refractivity contribution in [3.05, 3.63) is 89.1 Å². The van der Waals surface area contributed by atoms with E-state index in [1.807, 2.05) is 56.0 Å². The second-order valence-corrected chi connectivity index (χ2v) is 8.42. The van der Waals surface area contributed by atoms with Crippen molar-refractivity contribution in [3.63, 3.8) is 0 Å². The average Bonchev–Trinajstić information content (AvgIpc) is 3.25. The van der Waals surface area contributed by atoms with Gasteiger partial charge in [0.1, 0.15) is 6.26 Å². The molecule has 5 nitrogen and oxygen atoms in total. The molecule has 2 aromatic carbocycles. The molecule has 0 aliphatic rings. The summed E-state index contributed by atoms with van der Waals surface area (Å²) in [6.45, 7) is 7.21. The van der Waals surface area contributed by atoms with Gasteiger partial charge < -0.3 is 9.73 Å². The van der Waals surface area contributed by atoms with Gasteiger partial charge in [-0.25, -0.2) is 4.98 Å². The molecule has 0 bridgehead atoms. The second kappa shape index (κ2) is 10.7. The molecule has 3 rings (SSSR count). The second-order valence-electron chi connectivity index (χ2n) is 8.42. The summed E-state index contributed by atoms with van der Waals surface area (Å²) in [7, 11) is 0. The maximum absolute atomic E-state index is 12.9. The van der Waals surface area contributed by atoms with Gasteiger partial charge in [-0.3, -0.25) is 9.69 Å². The predicted molar refractivity (Wildman–Crippen MR) is 119 cm³/mol. The van der Waals surface area contributed by atoms with Crippen molar-refractivity contribution >= 4 is 5.91 Å². The summed E-state index contributed by atoms with van der Waals surface area (Å²) < 4.78 is 44.3. The number of hydrogen-bond donors (Lipinski definition) is 1. The molecule has 0 fully saturated rings. The normalized spacial score (nSPS) is 12.8. The topological polar surface area (TPSA) is 58.4 Å². The minimum Gasteiger partial charge on any atom is -0.447 e. The van der Waals surface area contributed by atoms with Gasteiger partial charge in [-0.05, 0) is 36.1 Å². The maximum atomic E-state index is 12.9. The Labute approximate surface area is 191 Å². The molecular weight excluding hydrogens is 431 g/mol. The highest BCUT2D eigenvalue weighted by molar-refractivity contribution is 5.91. The van der Waals surface area contributed by atoms with Gasteiger partial charge in [-0.1, -0.05) is 56.3 Å². The van der Waals surface area contributed by atoms with Crippen LogP contribution in [0.4, 0.5) is 13.2 Å². The molecule has 3 aromatic rings. The zero-order valence-corrected chi connectivity index (χ0v) is 18.9. The quantitative estimate of drug-likeness (QED) is 0.437. The zero-order chi connectivity index (χ0) is 24.0. The molecule has 0 saturated carbocycles. The Kier molecular flexibility index (Phi) is 7.92. The van der Waals surface area contributed by atoms with Crippen molar-refractivity contribution in [2.45, 2.75) is 46.1 Å². The lowest BCUT2D eigenvalue weighted by Crippen LogP contribution is -2.28. The number of nitrogens with zero attached hydrogens (tertiary/aromatic N) is 2. The van der Waals surface area contributed by atoms with Gasteiger partial charge in [-0.2, -0.15) is 13.2 Å². The Morgan fingerprint density at radius 3 is 2.30 bits per heavy atom. The summed E-state index contributed by atoms with van der Waals surface area (Å²) in [4.78, 5) is 18.6. The van der Waals surface area contributed by atoms with Gasteiger partial charge in [0.05, 0.1) is 12.1 Å². The van der Waals surface area contributed by atoms with Gasteiger partial charge in [0.25, 0.3) is 5.91 Å². The predicted octanol–water partition coefficient (Wildman–Crippen LogP) is 5.84. The average molecular weight is 460 g/mol. The number of carbonyl (C=O) groups is 1. The number of rotatable bonds is 9. The number of benzene rings is 2. The third kappa shape index (κ3) is 6.92. The van der Waals surface area contributed by atoms with Gasteiger partial charge >= 0.3 is 6.18 Å². The first-order valence-electron chi connectivity index (χ1n) is 10.8. The van der Waals surface area contributed by atoms with Crippen LogP contribution in [-0.2, 0) is 19.3 Å². The Balaban J connectivity index is 1.79. The summed E-state index contributed by atoms with van der Waals surface area (Å²) in [6, 6.07) is 14.8. The van der Waals surface area contributed by atoms with E-state index in [9.17, 15) is 18.0 Å². The van der Waals surface area contributed by atoms with Gasteiger partial charge in [0, 0.05) is 19.1 Å². The van der Waals surface area contributed by atoms with Crippen LogP contribution in [0.2, 0.25) is 0 Å². The van der Waals surface area contributed by atoms with Crippen molar-refractivity contribution in [1.29, 1.82) is 0 Å². The summed E-state index contributed by atoms with van der Waals surface area (Å²) in [6.07, 6.45) is -3.05. The molecular formula is C25H28F3N3O2. The largest absolute Gasteiger partial charge is 0.447 e. The molecule has 8 heteroatoms. The minimum absolute atomic E-state index is 0.0707. The van der Waals surface area contributed by atoms with E-state index in [0.29, 0.717) is 24.9 Å². The first kappa shape index (κ1) is 24.5. The molecule has 1 N–H and O–H groups in total. The van der Waals surface area contributed by atoms with Crippen LogP contribution in [0.25, 0.3) is 0 Å². The Morgan fingerprint density at radius 2 is 1.70 bits per heavy atom. The summed E-state index contributed by atoms with van der Waals surface area (Å²) in [5, 5.41) is 2.80. The van der Waals surface area contributed by atoms with Gasteiger partial charge in [0.15, 0.2) is 5.69 Å². The standard InChI is InChI=1S/C25H28F3N3O2/c1-17(2)13-29-24(32)22-16-33-23(30-22)15-31(18(3)20-7-5-4-6-8-20)14-19-9-11-21(12-10-19)25(26,27)28/h4-12,16-18H,13-15H2,1-3H3,(H,29,32). The number of alkyl halides is 3.